The van der Waals surface area contributed by atoms with Crippen LogP contribution in [-0.2, 0) is 4.79 Å². The summed E-state index contributed by atoms with van der Waals surface area (Å²) >= 11 is 0. The molecule has 0 aromatic carbocycles. The number of carbonyl (C=O) groups excluding carboxylic acids is 1. The van der Waals surface area contributed by atoms with Crippen LogP contribution in [0.5, 0.6) is 0 Å². The van der Waals surface area contributed by atoms with Gasteiger partial charge in [0.1, 0.15) is 0 Å². The van der Waals surface area contributed by atoms with Crippen molar-refractivity contribution < 1.29 is 4.79 Å². The van der Waals surface area contributed by atoms with Crippen LogP contribution in [0.3, 0.4) is 0 Å². The maximum atomic E-state index is 11.3. The molecule has 108 valence electrons. The molecule has 0 radical (unpaired) electrons. The average Bonchev–Trinajstić information content (AvgIpc) is 2.40. The molecular formula is C14H26N4O. The molecule has 1 rings (SSSR count). The Labute approximate surface area is 116 Å². The van der Waals surface area contributed by atoms with Crippen molar-refractivity contribution in [2.24, 2.45) is 11.7 Å². The second-order valence-corrected chi connectivity index (χ2v) is 5.45. The van der Waals surface area contributed by atoms with E-state index in [9.17, 15) is 4.79 Å². The van der Waals surface area contributed by atoms with Crippen molar-refractivity contribution in [2.45, 2.75) is 51.6 Å². The number of rotatable bonds is 7. The molecule has 1 aliphatic rings. The molecule has 3 N–H and O–H groups in total. The quantitative estimate of drug-likeness (QED) is 0.716. The van der Waals surface area contributed by atoms with E-state index in [4.69, 9.17) is 11.0 Å². The van der Waals surface area contributed by atoms with Crippen LogP contribution in [0.15, 0.2) is 0 Å². The van der Waals surface area contributed by atoms with Gasteiger partial charge >= 0.3 is 0 Å². The highest BCUT2D eigenvalue weighted by Crippen LogP contribution is 2.21. The fourth-order valence-corrected chi connectivity index (χ4v) is 2.55. The number of hydrogen-bond donors (Lipinski definition) is 2. The number of nitrogens with zero attached hydrogens (tertiary/aromatic N) is 2. The summed E-state index contributed by atoms with van der Waals surface area (Å²) < 4.78 is 0. The van der Waals surface area contributed by atoms with Crippen LogP contribution in [0, 0.1) is 17.2 Å². The van der Waals surface area contributed by atoms with E-state index in [0.29, 0.717) is 6.04 Å². The third kappa shape index (κ3) is 5.17. The van der Waals surface area contributed by atoms with Gasteiger partial charge in [0.15, 0.2) is 0 Å². The number of nitrogens with one attached hydrogen (secondary N) is 1. The fraction of sp³-hybridized carbons (Fsp3) is 0.857. The Bertz CT molecular complexity index is 326. The zero-order valence-electron chi connectivity index (χ0n) is 12.1. The van der Waals surface area contributed by atoms with E-state index in [1.807, 2.05) is 0 Å². The average molecular weight is 266 g/mol. The van der Waals surface area contributed by atoms with E-state index < -0.39 is 0 Å². The minimum absolute atomic E-state index is 0.0275. The molecule has 1 aliphatic heterocycles. The second kappa shape index (κ2) is 8.13. The van der Waals surface area contributed by atoms with E-state index in [0.717, 1.165) is 45.3 Å². The Kier molecular flexibility index (Phi) is 6.82. The Morgan fingerprint density at radius 2 is 2.32 bits per heavy atom. The third-order valence-electron chi connectivity index (χ3n) is 3.92. The number of nitriles is 1. The van der Waals surface area contributed by atoms with Gasteiger partial charge in [-0.15, -0.1) is 0 Å². The number of carbonyl (C=O) groups is 1. The minimum Gasteiger partial charge on any atom is -0.369 e. The largest absolute Gasteiger partial charge is 0.369 e. The van der Waals surface area contributed by atoms with E-state index in [2.05, 4.69) is 30.1 Å². The summed E-state index contributed by atoms with van der Waals surface area (Å²) in [5.41, 5.74) is 5.39. The molecule has 19 heavy (non-hydrogen) atoms. The van der Waals surface area contributed by atoms with E-state index in [1.54, 1.807) is 0 Å². The van der Waals surface area contributed by atoms with Crippen molar-refractivity contribution in [1.29, 1.82) is 5.26 Å². The molecule has 0 bridgehead atoms. The Morgan fingerprint density at radius 3 is 2.89 bits per heavy atom. The van der Waals surface area contributed by atoms with Gasteiger partial charge in [-0.3, -0.25) is 9.69 Å². The first-order chi connectivity index (χ1) is 9.08. The fourth-order valence-electron chi connectivity index (χ4n) is 2.55. The topological polar surface area (TPSA) is 82.2 Å². The lowest BCUT2D eigenvalue weighted by Gasteiger charge is -2.37. The molecule has 1 saturated heterocycles. The molecule has 0 saturated carbocycles. The van der Waals surface area contributed by atoms with Crippen molar-refractivity contribution in [2.75, 3.05) is 19.6 Å². The molecule has 3 unspecified atom stereocenters. The van der Waals surface area contributed by atoms with Gasteiger partial charge in [-0.2, -0.15) is 5.26 Å². The maximum Gasteiger partial charge on any atom is 0.221 e. The van der Waals surface area contributed by atoms with Gasteiger partial charge in [0.25, 0.3) is 0 Å². The summed E-state index contributed by atoms with van der Waals surface area (Å²) in [6.07, 6.45) is 3.73. The Balaban J connectivity index is 2.41. The first kappa shape index (κ1) is 15.9. The van der Waals surface area contributed by atoms with Crippen molar-refractivity contribution >= 4 is 5.91 Å². The van der Waals surface area contributed by atoms with E-state index >= 15 is 0 Å². The van der Waals surface area contributed by atoms with Gasteiger partial charge in [-0.25, -0.2) is 0 Å². The highest BCUT2D eigenvalue weighted by Gasteiger charge is 2.28. The first-order valence-corrected chi connectivity index (χ1v) is 7.24. The van der Waals surface area contributed by atoms with Gasteiger partial charge < -0.3 is 11.1 Å². The van der Waals surface area contributed by atoms with Crippen molar-refractivity contribution in [3.8, 4) is 6.07 Å². The predicted octanol–water partition coefficient (Wildman–Crippen LogP) is 0.854. The number of nitrogens with two attached hydrogens (primary N) is 1. The van der Waals surface area contributed by atoms with Gasteiger partial charge in [0, 0.05) is 19.1 Å². The monoisotopic (exact) mass is 266 g/mol. The molecule has 1 fully saturated rings. The molecule has 1 heterocycles. The van der Waals surface area contributed by atoms with Crippen LogP contribution in [0.1, 0.15) is 39.5 Å². The zero-order chi connectivity index (χ0) is 14.3. The summed E-state index contributed by atoms with van der Waals surface area (Å²) in [4.78, 5) is 13.6. The smallest absolute Gasteiger partial charge is 0.221 e. The molecule has 0 aliphatic carbocycles. The SMILES string of the molecule is CCCNC(C#N)CCN1CC(C(N)=O)CCC1C. The van der Waals surface area contributed by atoms with Crippen LogP contribution < -0.4 is 11.1 Å². The highest BCUT2D eigenvalue weighted by atomic mass is 16.1. The zero-order valence-corrected chi connectivity index (χ0v) is 12.1. The second-order valence-electron chi connectivity index (χ2n) is 5.45. The van der Waals surface area contributed by atoms with Crippen LogP contribution in [-0.4, -0.2) is 42.5 Å². The Hall–Kier alpha value is -1.12. The molecular weight excluding hydrogens is 240 g/mol. The molecule has 1 amide bonds. The molecule has 3 atom stereocenters. The number of primary amides is 1. The van der Waals surface area contributed by atoms with Crippen LogP contribution >= 0.6 is 0 Å². The van der Waals surface area contributed by atoms with Gasteiger partial charge in [-0.1, -0.05) is 6.92 Å². The van der Waals surface area contributed by atoms with E-state index in [-0.39, 0.29) is 17.9 Å². The number of likely N-dealkylation sites (tertiary alicyclic amines) is 1. The summed E-state index contributed by atoms with van der Waals surface area (Å²) in [5.74, 6) is -0.224. The van der Waals surface area contributed by atoms with E-state index in [1.165, 1.54) is 0 Å². The lowest BCUT2D eigenvalue weighted by molar-refractivity contribution is -0.123. The number of hydrogen-bond acceptors (Lipinski definition) is 4. The van der Waals surface area contributed by atoms with Crippen LogP contribution in [0.4, 0.5) is 0 Å². The lowest BCUT2D eigenvalue weighted by atomic mass is 9.92. The molecule has 0 aromatic rings. The summed E-state index contributed by atoms with van der Waals surface area (Å²) in [6.45, 7) is 6.73. The van der Waals surface area contributed by atoms with Gasteiger partial charge in [0.05, 0.1) is 18.0 Å². The number of amides is 1. The van der Waals surface area contributed by atoms with Gasteiger partial charge in [-0.05, 0) is 39.2 Å². The standard InChI is InChI=1S/C14H26N4O/c1-3-7-17-13(9-15)6-8-18-10-12(14(16)19)5-4-11(18)2/h11-13,17H,3-8,10H2,1-2H3,(H2,16,19). The molecule has 5 nitrogen and oxygen atoms in total. The summed E-state index contributed by atoms with van der Waals surface area (Å²) in [7, 11) is 0. The van der Waals surface area contributed by atoms with Crippen molar-refractivity contribution in [3.05, 3.63) is 0 Å². The molecule has 0 spiro atoms. The first-order valence-electron chi connectivity index (χ1n) is 7.24. The normalized spacial score (nSPS) is 25.7. The van der Waals surface area contributed by atoms with Crippen LogP contribution in [0.25, 0.3) is 0 Å². The maximum absolute atomic E-state index is 11.3. The molecule has 0 aromatic heterocycles. The predicted molar refractivity (Wildman–Crippen MR) is 75.3 cm³/mol. The number of piperidine rings is 1. The summed E-state index contributed by atoms with van der Waals surface area (Å²) in [5, 5.41) is 12.3. The Morgan fingerprint density at radius 1 is 1.58 bits per heavy atom. The minimum atomic E-state index is -0.196. The lowest BCUT2D eigenvalue weighted by Crippen LogP contribution is -2.47. The summed E-state index contributed by atoms with van der Waals surface area (Å²) in [6, 6.07) is 2.67. The van der Waals surface area contributed by atoms with Gasteiger partial charge in [0.2, 0.25) is 5.91 Å². The van der Waals surface area contributed by atoms with Crippen molar-refractivity contribution in [3.63, 3.8) is 0 Å². The molecule has 5 heteroatoms. The highest BCUT2D eigenvalue weighted by molar-refractivity contribution is 5.76. The van der Waals surface area contributed by atoms with Crippen LogP contribution in [0.2, 0.25) is 0 Å². The third-order valence-corrected chi connectivity index (χ3v) is 3.92. The van der Waals surface area contributed by atoms with Crippen molar-refractivity contribution in [1.82, 2.24) is 10.2 Å².